The Balaban J connectivity index is 2.51. The standard InChI is InChI=1S/C27H39N3O4S/c1-8-21-15-12-13-17-24(21)30(35(7,33)34)19-25(31)29(18-22-16-11-10-14-20(22)3)23(9-2)26(32)28-27(4,5)6/h10-17,23H,8-9,18-19H2,1-7H3,(H,28,32)/t23-/m0/s1. The van der Waals surface area contributed by atoms with Gasteiger partial charge in [0, 0.05) is 12.1 Å². The van der Waals surface area contributed by atoms with Gasteiger partial charge < -0.3 is 10.2 Å². The van der Waals surface area contributed by atoms with Crippen LogP contribution < -0.4 is 9.62 Å². The molecule has 0 saturated heterocycles. The lowest BCUT2D eigenvalue weighted by molar-refractivity contribution is -0.141. The fourth-order valence-corrected chi connectivity index (χ4v) is 4.87. The van der Waals surface area contributed by atoms with Crippen molar-refractivity contribution in [1.29, 1.82) is 0 Å². The molecule has 1 N–H and O–H groups in total. The van der Waals surface area contributed by atoms with Crippen molar-refractivity contribution in [1.82, 2.24) is 10.2 Å². The van der Waals surface area contributed by atoms with E-state index >= 15 is 0 Å². The molecule has 0 radical (unpaired) electrons. The predicted molar refractivity (Wildman–Crippen MR) is 142 cm³/mol. The second-order valence-electron chi connectivity index (χ2n) is 9.86. The van der Waals surface area contributed by atoms with Crippen LogP contribution in [-0.4, -0.2) is 49.5 Å². The molecule has 2 rings (SSSR count). The van der Waals surface area contributed by atoms with Gasteiger partial charge in [0.05, 0.1) is 11.9 Å². The number of nitrogens with one attached hydrogen (secondary N) is 1. The number of anilines is 1. The molecule has 0 fully saturated rings. The third-order valence-corrected chi connectivity index (χ3v) is 6.93. The van der Waals surface area contributed by atoms with Gasteiger partial charge in [0.1, 0.15) is 12.6 Å². The second-order valence-corrected chi connectivity index (χ2v) is 11.8. The van der Waals surface area contributed by atoms with Crippen molar-refractivity contribution in [3.8, 4) is 0 Å². The number of carbonyl (C=O) groups is 2. The van der Waals surface area contributed by atoms with Gasteiger partial charge in [-0.25, -0.2) is 8.42 Å². The van der Waals surface area contributed by atoms with Gasteiger partial charge in [-0.2, -0.15) is 0 Å². The molecule has 35 heavy (non-hydrogen) atoms. The van der Waals surface area contributed by atoms with Crippen LogP contribution in [0.2, 0.25) is 0 Å². The lowest BCUT2D eigenvalue weighted by Crippen LogP contribution is -2.55. The number of rotatable bonds is 10. The monoisotopic (exact) mass is 501 g/mol. The highest BCUT2D eigenvalue weighted by molar-refractivity contribution is 7.92. The lowest BCUT2D eigenvalue weighted by atomic mass is 10.0. The number of hydrogen-bond acceptors (Lipinski definition) is 4. The molecule has 2 amide bonds. The highest BCUT2D eigenvalue weighted by atomic mass is 32.2. The quantitative estimate of drug-likeness (QED) is 0.532. The molecular formula is C27H39N3O4S. The largest absolute Gasteiger partial charge is 0.350 e. The highest BCUT2D eigenvalue weighted by Gasteiger charge is 2.33. The van der Waals surface area contributed by atoms with Crippen LogP contribution in [-0.2, 0) is 32.6 Å². The summed E-state index contributed by atoms with van der Waals surface area (Å²) in [5.41, 5.74) is 2.73. The Bertz CT molecular complexity index is 1140. The molecule has 0 saturated carbocycles. The van der Waals surface area contributed by atoms with Crippen LogP contribution in [0.4, 0.5) is 5.69 Å². The summed E-state index contributed by atoms with van der Waals surface area (Å²) in [5.74, 6) is -0.692. The summed E-state index contributed by atoms with van der Waals surface area (Å²) in [6, 6.07) is 14.1. The van der Waals surface area contributed by atoms with Gasteiger partial charge in [-0.15, -0.1) is 0 Å². The van der Waals surface area contributed by atoms with Gasteiger partial charge in [0.2, 0.25) is 21.8 Å². The molecule has 2 aromatic rings. The molecule has 0 aliphatic carbocycles. The number of aryl methyl sites for hydroxylation is 2. The van der Waals surface area contributed by atoms with E-state index in [0.29, 0.717) is 18.5 Å². The van der Waals surface area contributed by atoms with E-state index < -0.39 is 27.5 Å². The summed E-state index contributed by atoms with van der Waals surface area (Å²) in [4.78, 5) is 28.5. The number of benzene rings is 2. The van der Waals surface area contributed by atoms with Crippen molar-refractivity contribution < 1.29 is 18.0 Å². The first-order chi connectivity index (χ1) is 16.3. The third kappa shape index (κ3) is 7.82. The van der Waals surface area contributed by atoms with Gasteiger partial charge in [-0.05, 0) is 63.3 Å². The molecule has 8 heteroatoms. The summed E-state index contributed by atoms with van der Waals surface area (Å²) in [5, 5.41) is 2.97. The fourth-order valence-electron chi connectivity index (χ4n) is 3.99. The number of para-hydroxylation sites is 1. The third-order valence-electron chi connectivity index (χ3n) is 5.81. The van der Waals surface area contributed by atoms with Crippen LogP contribution in [0, 0.1) is 6.92 Å². The topological polar surface area (TPSA) is 86.8 Å². The molecule has 0 unspecified atom stereocenters. The number of carbonyl (C=O) groups excluding carboxylic acids is 2. The van der Waals surface area contributed by atoms with E-state index in [1.54, 1.807) is 12.1 Å². The van der Waals surface area contributed by atoms with Gasteiger partial charge >= 0.3 is 0 Å². The summed E-state index contributed by atoms with van der Waals surface area (Å²) in [6.07, 6.45) is 2.11. The Morgan fingerprint density at radius 3 is 2.06 bits per heavy atom. The Morgan fingerprint density at radius 2 is 1.54 bits per heavy atom. The van der Waals surface area contributed by atoms with E-state index in [0.717, 1.165) is 27.3 Å². The zero-order valence-electron chi connectivity index (χ0n) is 22.0. The lowest BCUT2D eigenvalue weighted by Gasteiger charge is -2.35. The fraction of sp³-hybridized carbons (Fsp3) is 0.481. The van der Waals surface area contributed by atoms with Crippen LogP contribution >= 0.6 is 0 Å². The summed E-state index contributed by atoms with van der Waals surface area (Å²) in [7, 11) is -3.76. The molecule has 2 aromatic carbocycles. The van der Waals surface area contributed by atoms with Crippen LogP contribution in [0.15, 0.2) is 48.5 Å². The highest BCUT2D eigenvalue weighted by Crippen LogP contribution is 2.24. The van der Waals surface area contributed by atoms with Gasteiger partial charge in [-0.1, -0.05) is 56.3 Å². The van der Waals surface area contributed by atoms with E-state index in [9.17, 15) is 18.0 Å². The summed E-state index contributed by atoms with van der Waals surface area (Å²) >= 11 is 0. The molecule has 0 heterocycles. The predicted octanol–water partition coefficient (Wildman–Crippen LogP) is 4.05. The molecule has 0 aliphatic rings. The van der Waals surface area contributed by atoms with Crippen molar-refractivity contribution >= 4 is 27.5 Å². The maximum atomic E-state index is 13.8. The Morgan fingerprint density at radius 1 is 0.971 bits per heavy atom. The van der Waals surface area contributed by atoms with E-state index in [1.165, 1.54) is 4.90 Å². The van der Waals surface area contributed by atoms with Crippen molar-refractivity contribution in [3.63, 3.8) is 0 Å². The van der Waals surface area contributed by atoms with Crippen molar-refractivity contribution in [2.75, 3.05) is 17.1 Å². The SMILES string of the molecule is CCc1ccccc1N(CC(=O)N(Cc1ccccc1C)[C@@H](CC)C(=O)NC(C)(C)C)S(C)(=O)=O. The number of amides is 2. The first-order valence-corrected chi connectivity index (χ1v) is 13.8. The number of sulfonamides is 1. The number of nitrogens with zero attached hydrogens (tertiary/aromatic N) is 2. The molecule has 0 aliphatic heterocycles. The van der Waals surface area contributed by atoms with Crippen molar-refractivity contribution in [2.45, 2.75) is 72.5 Å². The molecule has 0 bridgehead atoms. The molecule has 1 atom stereocenters. The smallest absolute Gasteiger partial charge is 0.244 e. The molecule has 192 valence electrons. The van der Waals surface area contributed by atoms with Gasteiger partial charge in [-0.3, -0.25) is 13.9 Å². The minimum Gasteiger partial charge on any atom is -0.350 e. The van der Waals surface area contributed by atoms with E-state index in [1.807, 2.05) is 77.9 Å². The van der Waals surface area contributed by atoms with Crippen molar-refractivity contribution in [3.05, 3.63) is 65.2 Å². The minimum atomic E-state index is -3.76. The first-order valence-electron chi connectivity index (χ1n) is 12.0. The van der Waals surface area contributed by atoms with Crippen LogP contribution in [0.3, 0.4) is 0 Å². The summed E-state index contributed by atoms with van der Waals surface area (Å²) in [6.45, 7) is 11.2. The van der Waals surface area contributed by atoms with Gasteiger partial charge in [0.25, 0.3) is 0 Å². The zero-order valence-corrected chi connectivity index (χ0v) is 22.8. The van der Waals surface area contributed by atoms with Gasteiger partial charge in [0.15, 0.2) is 0 Å². The first kappa shape index (κ1) is 28.4. The Labute approximate surface area is 210 Å². The molecule has 0 spiro atoms. The molecule has 7 nitrogen and oxygen atoms in total. The second kappa shape index (κ2) is 11.7. The van der Waals surface area contributed by atoms with E-state index in [4.69, 9.17) is 0 Å². The normalized spacial score (nSPS) is 12.7. The molecular weight excluding hydrogens is 462 g/mol. The zero-order chi connectivity index (χ0) is 26.4. The van der Waals surface area contributed by atoms with Crippen LogP contribution in [0.5, 0.6) is 0 Å². The van der Waals surface area contributed by atoms with Crippen LogP contribution in [0.25, 0.3) is 0 Å². The maximum absolute atomic E-state index is 13.8. The van der Waals surface area contributed by atoms with Crippen LogP contribution in [0.1, 0.15) is 57.7 Å². The summed E-state index contributed by atoms with van der Waals surface area (Å²) < 4.78 is 26.8. The average Bonchev–Trinajstić information content (AvgIpc) is 2.76. The minimum absolute atomic E-state index is 0.203. The van der Waals surface area contributed by atoms with E-state index in [-0.39, 0.29) is 19.0 Å². The Kier molecular flexibility index (Phi) is 9.49. The van der Waals surface area contributed by atoms with E-state index in [2.05, 4.69) is 5.32 Å². The van der Waals surface area contributed by atoms with Crippen molar-refractivity contribution in [2.24, 2.45) is 0 Å². The number of hydrogen-bond donors (Lipinski definition) is 1. The average molecular weight is 502 g/mol. The maximum Gasteiger partial charge on any atom is 0.244 e. The Hall–Kier alpha value is -2.87. The molecule has 0 aromatic heterocycles.